The highest BCUT2D eigenvalue weighted by Crippen LogP contribution is 2.21. The van der Waals surface area contributed by atoms with E-state index >= 15 is 0 Å². The number of amides is 1. The van der Waals surface area contributed by atoms with E-state index in [1.807, 2.05) is 0 Å². The van der Waals surface area contributed by atoms with Gasteiger partial charge in [0.15, 0.2) is 0 Å². The predicted octanol–water partition coefficient (Wildman–Crippen LogP) is 10.2. The summed E-state index contributed by atoms with van der Waals surface area (Å²) in [5, 5.41) is 1.32. The Kier molecular flexibility index (Phi) is 17.2. The molecule has 0 spiro atoms. The molecule has 0 fully saturated rings. The van der Waals surface area contributed by atoms with Crippen LogP contribution < -0.4 is 0 Å². The van der Waals surface area contributed by atoms with Crippen LogP contribution in [0.3, 0.4) is 0 Å². The highest BCUT2D eigenvalue weighted by Gasteiger charge is 2.13. The van der Waals surface area contributed by atoms with Gasteiger partial charge < -0.3 is 9.88 Å². The van der Waals surface area contributed by atoms with Gasteiger partial charge in [-0.1, -0.05) is 123 Å². The number of aromatic amines is 1. The zero-order valence-electron chi connectivity index (χ0n) is 24.7. The number of benzene rings is 1. The minimum absolute atomic E-state index is 0.331. The maximum Gasteiger partial charge on any atom is 0.222 e. The second-order valence-corrected chi connectivity index (χ2v) is 11.2. The molecular weight excluding hydrogens is 452 g/mol. The summed E-state index contributed by atoms with van der Waals surface area (Å²) >= 11 is 0. The fourth-order valence-corrected chi connectivity index (χ4v) is 5.53. The lowest BCUT2D eigenvalue weighted by Gasteiger charge is -2.21. The Bertz CT molecular complexity index is 839. The maximum absolute atomic E-state index is 12.8. The van der Waals surface area contributed by atoms with E-state index in [0.29, 0.717) is 12.3 Å². The van der Waals surface area contributed by atoms with Gasteiger partial charge in [0.25, 0.3) is 0 Å². The van der Waals surface area contributed by atoms with Gasteiger partial charge in [0, 0.05) is 36.6 Å². The summed E-state index contributed by atoms with van der Waals surface area (Å²) in [5.74, 6) is 0.331. The van der Waals surface area contributed by atoms with Crippen molar-refractivity contribution in [2.24, 2.45) is 0 Å². The molecule has 0 saturated heterocycles. The van der Waals surface area contributed by atoms with Gasteiger partial charge in [-0.3, -0.25) is 4.79 Å². The molecule has 0 aliphatic carbocycles. The number of aromatic nitrogens is 1. The summed E-state index contributed by atoms with van der Waals surface area (Å²) < 4.78 is 0. The molecule has 0 aliphatic rings. The van der Waals surface area contributed by atoms with E-state index in [-0.39, 0.29) is 0 Å². The third-order valence-corrected chi connectivity index (χ3v) is 8.12. The number of unbranched alkanes of at least 4 members (excludes halogenated alkanes) is 16. The Balaban J connectivity index is 1.45. The predicted molar refractivity (Wildman–Crippen MR) is 162 cm³/mol. The molecule has 1 N–H and O–H groups in total. The smallest absolute Gasteiger partial charge is 0.222 e. The fourth-order valence-electron chi connectivity index (χ4n) is 5.53. The minimum atomic E-state index is 0.331. The zero-order chi connectivity index (χ0) is 26.6. The molecule has 0 saturated carbocycles. The SMILES string of the molecule is CCCCCCCCCCCCCCCCCCCC(=O)N(CC)CCc1c[nH]c2ccc(CC)cc12. The van der Waals surface area contributed by atoms with Crippen molar-refractivity contribution in [1.29, 1.82) is 0 Å². The molecule has 2 rings (SSSR count). The Morgan fingerprint density at radius 3 is 1.78 bits per heavy atom. The topological polar surface area (TPSA) is 36.1 Å². The van der Waals surface area contributed by atoms with Gasteiger partial charge in [-0.05, 0) is 49.4 Å². The number of likely N-dealkylation sites (N-methyl/N-ethyl adjacent to an activating group) is 1. The number of hydrogen-bond acceptors (Lipinski definition) is 1. The van der Waals surface area contributed by atoms with Crippen LogP contribution in [0.4, 0.5) is 0 Å². The Hall–Kier alpha value is -1.77. The Morgan fingerprint density at radius 1 is 0.730 bits per heavy atom. The molecule has 210 valence electrons. The van der Waals surface area contributed by atoms with Crippen LogP contribution in [-0.4, -0.2) is 28.9 Å². The third kappa shape index (κ3) is 13.0. The highest BCUT2D eigenvalue weighted by atomic mass is 16.2. The fraction of sp³-hybridized carbons (Fsp3) is 0.735. The number of fused-ring (bicyclic) bond motifs is 1. The first-order valence-corrected chi connectivity index (χ1v) is 16.1. The van der Waals surface area contributed by atoms with Crippen LogP contribution in [-0.2, 0) is 17.6 Å². The average Bonchev–Trinajstić information content (AvgIpc) is 3.32. The average molecular weight is 511 g/mol. The van der Waals surface area contributed by atoms with Crippen molar-refractivity contribution >= 4 is 16.8 Å². The monoisotopic (exact) mass is 510 g/mol. The standard InChI is InChI=1S/C34H58N2O/c1-4-7-8-9-10-11-12-13-14-15-16-17-18-19-20-21-22-23-34(37)36(6-3)27-26-31-29-35-33-25-24-30(5-2)28-32(31)33/h24-25,28-29,35H,4-23,26-27H2,1-3H3. The molecule has 0 radical (unpaired) electrons. The molecule has 3 nitrogen and oxygen atoms in total. The normalized spacial score (nSPS) is 11.4. The number of carbonyl (C=O) groups is 1. The van der Waals surface area contributed by atoms with Crippen molar-refractivity contribution in [3.63, 3.8) is 0 Å². The van der Waals surface area contributed by atoms with E-state index in [1.165, 1.54) is 125 Å². The van der Waals surface area contributed by atoms with Gasteiger partial charge in [0.05, 0.1) is 0 Å². The van der Waals surface area contributed by atoms with E-state index in [4.69, 9.17) is 0 Å². The van der Waals surface area contributed by atoms with E-state index in [9.17, 15) is 4.79 Å². The van der Waals surface area contributed by atoms with Gasteiger partial charge in [-0.2, -0.15) is 0 Å². The van der Waals surface area contributed by atoms with Crippen molar-refractivity contribution in [3.8, 4) is 0 Å². The molecule has 1 heterocycles. The Labute approximate surface area is 229 Å². The van der Waals surface area contributed by atoms with Gasteiger partial charge >= 0.3 is 0 Å². The quantitative estimate of drug-likeness (QED) is 0.148. The third-order valence-electron chi connectivity index (χ3n) is 8.12. The summed E-state index contributed by atoms with van der Waals surface area (Å²) in [6.45, 7) is 8.22. The number of rotatable bonds is 23. The molecule has 0 atom stereocenters. The van der Waals surface area contributed by atoms with Crippen molar-refractivity contribution in [1.82, 2.24) is 9.88 Å². The van der Waals surface area contributed by atoms with Crippen LogP contribution in [0.1, 0.15) is 147 Å². The van der Waals surface area contributed by atoms with Crippen molar-refractivity contribution in [2.75, 3.05) is 13.1 Å². The van der Waals surface area contributed by atoms with Crippen LogP contribution in [0.25, 0.3) is 10.9 Å². The van der Waals surface area contributed by atoms with E-state index in [0.717, 1.165) is 32.4 Å². The molecule has 1 amide bonds. The molecule has 0 unspecified atom stereocenters. The first-order valence-electron chi connectivity index (χ1n) is 16.1. The number of hydrogen-bond donors (Lipinski definition) is 1. The summed E-state index contributed by atoms with van der Waals surface area (Å²) in [6.07, 6.45) is 28.2. The zero-order valence-corrected chi connectivity index (χ0v) is 24.7. The number of carbonyl (C=O) groups excluding carboxylic acids is 1. The van der Waals surface area contributed by atoms with E-state index in [1.54, 1.807) is 0 Å². The van der Waals surface area contributed by atoms with Crippen molar-refractivity contribution < 1.29 is 4.79 Å². The van der Waals surface area contributed by atoms with Crippen LogP contribution in [0, 0.1) is 0 Å². The van der Waals surface area contributed by atoms with Gasteiger partial charge in [-0.15, -0.1) is 0 Å². The number of H-pyrrole nitrogens is 1. The number of nitrogens with zero attached hydrogens (tertiary/aromatic N) is 1. The molecule has 0 aliphatic heterocycles. The van der Waals surface area contributed by atoms with Crippen molar-refractivity contribution in [3.05, 3.63) is 35.5 Å². The molecule has 0 bridgehead atoms. The minimum Gasteiger partial charge on any atom is -0.361 e. The second-order valence-electron chi connectivity index (χ2n) is 11.2. The Morgan fingerprint density at radius 2 is 1.27 bits per heavy atom. The number of aryl methyl sites for hydroxylation is 1. The molecule has 2 aromatic rings. The molecule has 37 heavy (non-hydrogen) atoms. The summed E-state index contributed by atoms with van der Waals surface area (Å²) in [4.78, 5) is 18.2. The van der Waals surface area contributed by atoms with Crippen LogP contribution >= 0.6 is 0 Å². The molecule has 1 aromatic heterocycles. The van der Waals surface area contributed by atoms with Crippen LogP contribution in [0.15, 0.2) is 24.4 Å². The lowest BCUT2D eigenvalue weighted by Crippen LogP contribution is -2.32. The van der Waals surface area contributed by atoms with Crippen molar-refractivity contribution in [2.45, 2.75) is 149 Å². The van der Waals surface area contributed by atoms with Gasteiger partial charge in [0.2, 0.25) is 5.91 Å². The first-order chi connectivity index (χ1) is 18.2. The van der Waals surface area contributed by atoms with Crippen LogP contribution in [0.2, 0.25) is 0 Å². The first kappa shape index (κ1) is 31.4. The molecule has 3 heteroatoms. The summed E-state index contributed by atoms with van der Waals surface area (Å²) in [6, 6.07) is 6.68. The van der Waals surface area contributed by atoms with E-state index in [2.05, 4.69) is 55.1 Å². The summed E-state index contributed by atoms with van der Waals surface area (Å²) in [7, 11) is 0. The van der Waals surface area contributed by atoms with Crippen LogP contribution in [0.5, 0.6) is 0 Å². The largest absolute Gasteiger partial charge is 0.361 e. The lowest BCUT2D eigenvalue weighted by molar-refractivity contribution is -0.131. The van der Waals surface area contributed by atoms with Gasteiger partial charge in [-0.25, -0.2) is 0 Å². The van der Waals surface area contributed by atoms with E-state index < -0.39 is 0 Å². The number of nitrogens with one attached hydrogen (secondary N) is 1. The second kappa shape index (κ2) is 20.2. The summed E-state index contributed by atoms with van der Waals surface area (Å²) in [5.41, 5.74) is 3.90. The van der Waals surface area contributed by atoms with Gasteiger partial charge in [0.1, 0.15) is 0 Å². The molecular formula is C34H58N2O. The lowest BCUT2D eigenvalue weighted by atomic mass is 10.0. The molecule has 1 aromatic carbocycles. The maximum atomic E-state index is 12.8. The highest BCUT2D eigenvalue weighted by molar-refractivity contribution is 5.84.